The van der Waals surface area contributed by atoms with Crippen molar-refractivity contribution in [3.05, 3.63) is 55.9 Å². The maximum atomic E-state index is 12.8. The number of nitrogens with zero attached hydrogens (tertiary/aromatic N) is 2. The number of esters is 1. The summed E-state index contributed by atoms with van der Waals surface area (Å²) in [4.78, 5) is 35.5. The van der Waals surface area contributed by atoms with E-state index in [9.17, 15) is 14.7 Å². The highest BCUT2D eigenvalue weighted by molar-refractivity contribution is 7.20. The number of benzene rings is 1. The van der Waals surface area contributed by atoms with E-state index in [2.05, 4.69) is 9.97 Å². The minimum absolute atomic E-state index is 0.0767. The molecule has 2 N–H and O–H groups in total. The molecule has 0 saturated heterocycles. The highest BCUT2D eigenvalue weighted by Gasteiger charge is 2.22. The summed E-state index contributed by atoms with van der Waals surface area (Å²) in [5.41, 5.74) is 0.272. The van der Waals surface area contributed by atoms with Crippen molar-refractivity contribution in [3.8, 4) is 5.75 Å². The second-order valence-electron chi connectivity index (χ2n) is 8.64. The number of hydrogen-bond donors (Lipinski definition) is 2. The van der Waals surface area contributed by atoms with Crippen LogP contribution in [-0.2, 0) is 11.3 Å². The van der Waals surface area contributed by atoms with Gasteiger partial charge in [0, 0.05) is 17.6 Å². The summed E-state index contributed by atoms with van der Waals surface area (Å²) < 4.78 is 10.9. The van der Waals surface area contributed by atoms with Crippen molar-refractivity contribution >= 4 is 39.1 Å². The summed E-state index contributed by atoms with van der Waals surface area (Å²) in [5.74, 6) is 0.627. The van der Waals surface area contributed by atoms with Gasteiger partial charge in [-0.25, -0.2) is 9.78 Å². The van der Waals surface area contributed by atoms with Crippen molar-refractivity contribution in [1.82, 2.24) is 14.9 Å². The molecular weight excluding hydrogens is 478 g/mol. The number of ether oxygens (including phenoxy) is 2. The molecule has 34 heavy (non-hydrogen) atoms. The summed E-state index contributed by atoms with van der Waals surface area (Å²) in [6, 6.07) is 7.01. The Morgan fingerprint density at radius 2 is 1.91 bits per heavy atom. The molecule has 1 atom stereocenters. The minimum Gasteiger partial charge on any atom is -0.491 e. The van der Waals surface area contributed by atoms with Gasteiger partial charge in [-0.3, -0.25) is 9.69 Å². The molecule has 0 fully saturated rings. The molecule has 0 spiro atoms. The third kappa shape index (κ3) is 6.56. The Labute approximate surface area is 207 Å². The number of fused-ring (bicyclic) bond motifs is 1. The van der Waals surface area contributed by atoms with Crippen LogP contribution in [0.15, 0.2) is 29.1 Å². The Morgan fingerprint density at radius 1 is 1.24 bits per heavy atom. The van der Waals surface area contributed by atoms with Gasteiger partial charge in [0.25, 0.3) is 5.56 Å². The molecule has 0 amide bonds. The van der Waals surface area contributed by atoms with Gasteiger partial charge in [0.2, 0.25) is 0 Å². The number of nitrogens with one attached hydrogen (secondary N) is 1. The number of thiophene rings is 1. The van der Waals surface area contributed by atoms with Gasteiger partial charge in [-0.05, 0) is 64.4 Å². The first-order chi connectivity index (χ1) is 16.0. The van der Waals surface area contributed by atoms with Crippen molar-refractivity contribution in [1.29, 1.82) is 0 Å². The molecule has 0 radical (unpaired) electrons. The number of halogens is 1. The molecule has 184 valence electrons. The minimum atomic E-state index is -0.755. The van der Waals surface area contributed by atoms with E-state index in [1.54, 1.807) is 45.0 Å². The van der Waals surface area contributed by atoms with Crippen LogP contribution in [0.25, 0.3) is 10.2 Å². The van der Waals surface area contributed by atoms with Gasteiger partial charge >= 0.3 is 5.97 Å². The Hall–Kier alpha value is -2.46. The maximum Gasteiger partial charge on any atom is 0.348 e. The molecule has 2 aromatic heterocycles. The number of aromatic amines is 1. The van der Waals surface area contributed by atoms with Crippen LogP contribution < -0.4 is 10.3 Å². The van der Waals surface area contributed by atoms with Gasteiger partial charge in [0.15, 0.2) is 0 Å². The zero-order chi connectivity index (χ0) is 25.0. The van der Waals surface area contributed by atoms with Crippen molar-refractivity contribution < 1.29 is 19.4 Å². The van der Waals surface area contributed by atoms with Crippen LogP contribution in [0.2, 0.25) is 5.02 Å². The highest BCUT2D eigenvalue weighted by atomic mass is 35.5. The summed E-state index contributed by atoms with van der Waals surface area (Å²) in [6.45, 7) is 10.0. The average Bonchev–Trinajstić information content (AvgIpc) is 3.09. The Morgan fingerprint density at radius 3 is 2.53 bits per heavy atom. The van der Waals surface area contributed by atoms with Gasteiger partial charge in [-0.2, -0.15) is 0 Å². The Kier molecular flexibility index (Phi) is 8.70. The van der Waals surface area contributed by atoms with E-state index < -0.39 is 12.1 Å². The van der Waals surface area contributed by atoms with Crippen LogP contribution in [0.3, 0.4) is 0 Å². The molecule has 0 aliphatic carbocycles. The van der Waals surface area contributed by atoms with E-state index in [0.29, 0.717) is 50.3 Å². The molecule has 0 saturated carbocycles. The first kappa shape index (κ1) is 26.2. The molecule has 8 nitrogen and oxygen atoms in total. The third-order valence-electron chi connectivity index (χ3n) is 5.16. The normalized spacial score (nSPS) is 12.6. The van der Waals surface area contributed by atoms with Gasteiger partial charge in [0.05, 0.1) is 18.0 Å². The van der Waals surface area contributed by atoms with E-state index in [-0.39, 0.29) is 24.3 Å². The monoisotopic (exact) mass is 507 g/mol. The van der Waals surface area contributed by atoms with Crippen LogP contribution in [0.5, 0.6) is 5.75 Å². The number of carbonyl (C=O) groups excluding carboxylic acids is 1. The largest absolute Gasteiger partial charge is 0.491 e. The molecule has 2 heterocycles. The summed E-state index contributed by atoms with van der Waals surface area (Å²) >= 11 is 7.04. The zero-order valence-corrected chi connectivity index (χ0v) is 21.5. The van der Waals surface area contributed by atoms with Crippen LogP contribution in [0, 0.1) is 6.92 Å². The second-order valence-corrected chi connectivity index (χ2v) is 10.1. The van der Waals surface area contributed by atoms with Gasteiger partial charge < -0.3 is 19.6 Å². The van der Waals surface area contributed by atoms with Crippen LogP contribution in [-0.4, -0.2) is 57.3 Å². The number of carbonyl (C=O) groups is 1. The predicted octanol–water partition coefficient (Wildman–Crippen LogP) is 4.16. The van der Waals surface area contributed by atoms with E-state index in [0.717, 1.165) is 11.3 Å². The van der Waals surface area contributed by atoms with Crippen molar-refractivity contribution in [3.63, 3.8) is 0 Å². The number of hydrogen-bond acceptors (Lipinski definition) is 8. The summed E-state index contributed by atoms with van der Waals surface area (Å²) in [6.07, 6.45) is -1.01. The first-order valence-corrected chi connectivity index (χ1v) is 12.3. The van der Waals surface area contributed by atoms with Gasteiger partial charge in [-0.15, -0.1) is 11.3 Å². The number of aromatic nitrogens is 2. The number of H-pyrrole nitrogens is 1. The van der Waals surface area contributed by atoms with Gasteiger partial charge in [0.1, 0.15) is 34.0 Å². The smallest absolute Gasteiger partial charge is 0.348 e. The van der Waals surface area contributed by atoms with Gasteiger partial charge in [-0.1, -0.05) is 11.6 Å². The van der Waals surface area contributed by atoms with E-state index in [4.69, 9.17) is 21.1 Å². The summed E-state index contributed by atoms with van der Waals surface area (Å²) in [7, 11) is 0. The van der Waals surface area contributed by atoms with E-state index in [1.807, 2.05) is 18.7 Å². The lowest BCUT2D eigenvalue weighted by molar-refractivity contribution is 0.0383. The molecular formula is C24H30ClN3O5S. The molecule has 1 unspecified atom stereocenters. The molecule has 3 rings (SSSR count). The topological polar surface area (TPSA) is 105 Å². The quantitative estimate of drug-likeness (QED) is 0.397. The fourth-order valence-corrected chi connectivity index (χ4v) is 4.63. The predicted molar refractivity (Wildman–Crippen MR) is 134 cm³/mol. The van der Waals surface area contributed by atoms with Crippen molar-refractivity contribution in [2.45, 2.75) is 59.4 Å². The number of rotatable bonds is 10. The van der Waals surface area contributed by atoms with Crippen LogP contribution in [0.1, 0.15) is 48.8 Å². The number of aliphatic hydroxyl groups is 1. The fourth-order valence-electron chi connectivity index (χ4n) is 3.42. The van der Waals surface area contributed by atoms with E-state index >= 15 is 0 Å². The lowest BCUT2D eigenvalue weighted by Crippen LogP contribution is -2.40. The average molecular weight is 508 g/mol. The van der Waals surface area contributed by atoms with Crippen molar-refractivity contribution in [2.75, 3.05) is 13.2 Å². The molecule has 0 aliphatic rings. The summed E-state index contributed by atoms with van der Waals surface area (Å²) in [5, 5.41) is 11.5. The first-order valence-electron chi connectivity index (χ1n) is 11.1. The zero-order valence-electron chi connectivity index (χ0n) is 19.9. The SMILES string of the molecule is Cc1c(C(=O)OC(C)C)sc2nc(CN(CC(O)COc3ccc(Cl)cc3)C(C)C)[nH]c(=O)c12. The van der Waals surface area contributed by atoms with E-state index in [1.165, 1.54) is 0 Å². The lowest BCUT2D eigenvalue weighted by Gasteiger charge is -2.28. The number of aryl methyl sites for hydroxylation is 1. The number of aliphatic hydroxyl groups excluding tert-OH is 1. The fraction of sp³-hybridized carbons (Fsp3) is 0.458. The third-order valence-corrected chi connectivity index (χ3v) is 6.58. The second kappa shape index (κ2) is 11.3. The Bertz CT molecular complexity index is 1190. The van der Waals surface area contributed by atoms with Crippen LogP contribution in [0.4, 0.5) is 0 Å². The molecule has 10 heteroatoms. The van der Waals surface area contributed by atoms with Crippen LogP contribution >= 0.6 is 22.9 Å². The molecule has 0 aliphatic heterocycles. The maximum absolute atomic E-state index is 12.8. The molecule has 0 bridgehead atoms. The Balaban J connectivity index is 1.73. The highest BCUT2D eigenvalue weighted by Crippen LogP contribution is 2.28. The molecule has 1 aromatic carbocycles. The van der Waals surface area contributed by atoms with Crippen molar-refractivity contribution in [2.24, 2.45) is 0 Å². The standard InChI is InChI=1S/C24H30ClN3O5S/c1-13(2)28(10-17(29)12-32-18-8-6-16(25)7-9-18)11-19-26-22(30)20-15(5)21(34-23(20)27-19)24(31)33-14(3)4/h6-9,13-14,17,29H,10-12H2,1-5H3,(H,26,27,30). The lowest BCUT2D eigenvalue weighted by atomic mass is 10.2. The molecule has 3 aromatic rings.